The summed E-state index contributed by atoms with van der Waals surface area (Å²) in [5, 5.41) is 2.29. The number of aryl methyl sites for hydroxylation is 1. The molecule has 1 fully saturated rings. The molecule has 2 aromatic carbocycles. The summed E-state index contributed by atoms with van der Waals surface area (Å²) in [5.41, 5.74) is 8.56. The number of thioether (sulfide) groups is 1. The van der Waals surface area contributed by atoms with Gasteiger partial charge in [0.15, 0.2) is 6.61 Å². The molecular weight excluding hydrogens is 418 g/mol. The van der Waals surface area contributed by atoms with E-state index >= 15 is 0 Å². The monoisotopic (exact) mass is 439 g/mol. The lowest BCUT2D eigenvalue weighted by Gasteiger charge is -2.11. The molecule has 0 unspecified atom stereocenters. The zero-order valence-corrected chi connectivity index (χ0v) is 17.8. The summed E-state index contributed by atoms with van der Waals surface area (Å²) >= 11 is 0.747. The maximum atomic E-state index is 12.2. The Hall–Kier alpha value is -3.59. The van der Waals surface area contributed by atoms with Gasteiger partial charge in [-0.2, -0.15) is 0 Å². The molecule has 2 aromatic rings. The number of benzene rings is 2. The van der Waals surface area contributed by atoms with E-state index in [2.05, 4.69) is 5.32 Å². The van der Waals surface area contributed by atoms with Gasteiger partial charge in [0.2, 0.25) is 5.91 Å². The number of ether oxygens (including phenoxy) is 1. The molecule has 1 aliphatic rings. The van der Waals surface area contributed by atoms with Gasteiger partial charge in [-0.25, -0.2) is 0 Å². The molecule has 9 heteroatoms. The number of rotatable bonds is 7. The predicted octanol–water partition coefficient (Wildman–Crippen LogP) is 2.84. The minimum Gasteiger partial charge on any atom is -0.484 e. The first-order chi connectivity index (χ1) is 14.7. The predicted molar refractivity (Wildman–Crippen MR) is 118 cm³/mol. The molecule has 1 saturated heterocycles. The first-order valence-corrected chi connectivity index (χ1v) is 10.2. The lowest BCUT2D eigenvalue weighted by atomic mass is 10.1. The average molecular weight is 439 g/mol. The number of carbonyl (C=O) groups excluding carboxylic acids is 4. The molecule has 0 saturated carbocycles. The van der Waals surface area contributed by atoms with Crippen LogP contribution in [0.5, 0.6) is 5.75 Å². The van der Waals surface area contributed by atoms with Crippen molar-refractivity contribution >= 4 is 46.5 Å². The maximum Gasteiger partial charge on any atom is 0.294 e. The summed E-state index contributed by atoms with van der Waals surface area (Å²) < 4.78 is 5.52. The van der Waals surface area contributed by atoms with Gasteiger partial charge in [-0.15, -0.1) is 0 Å². The zero-order valence-electron chi connectivity index (χ0n) is 17.0. The standard InChI is InChI=1S/C22H21N3O5S/c1-13-4-3-5-17(14(13)2)24-20(27)12-30-16-8-6-15(7-9-16)10-18-21(28)25(11-19(23)26)22(29)31-18/h3-10H,11-12H2,1-2H3,(H2,23,26)(H,24,27)/b18-10-. The average Bonchev–Trinajstić information content (AvgIpc) is 2.98. The highest BCUT2D eigenvalue weighted by Crippen LogP contribution is 2.32. The highest BCUT2D eigenvalue weighted by atomic mass is 32.2. The van der Waals surface area contributed by atoms with Crippen LogP contribution in [0.1, 0.15) is 16.7 Å². The van der Waals surface area contributed by atoms with E-state index in [-0.39, 0.29) is 17.4 Å². The van der Waals surface area contributed by atoms with Crippen LogP contribution in [0.2, 0.25) is 0 Å². The number of nitrogens with two attached hydrogens (primary N) is 1. The largest absolute Gasteiger partial charge is 0.484 e. The Morgan fingerprint density at radius 1 is 1.13 bits per heavy atom. The van der Waals surface area contributed by atoms with Gasteiger partial charge in [0.25, 0.3) is 17.1 Å². The zero-order chi connectivity index (χ0) is 22.5. The highest BCUT2D eigenvalue weighted by Gasteiger charge is 2.35. The van der Waals surface area contributed by atoms with Gasteiger partial charge in [-0.05, 0) is 66.6 Å². The van der Waals surface area contributed by atoms with Crippen LogP contribution in [0.25, 0.3) is 6.08 Å². The van der Waals surface area contributed by atoms with Gasteiger partial charge >= 0.3 is 0 Å². The second-order valence-electron chi connectivity index (χ2n) is 6.89. The molecule has 0 aromatic heterocycles. The van der Waals surface area contributed by atoms with Gasteiger partial charge in [0, 0.05) is 5.69 Å². The second-order valence-corrected chi connectivity index (χ2v) is 7.88. The number of nitrogens with zero attached hydrogens (tertiary/aromatic N) is 1. The van der Waals surface area contributed by atoms with E-state index in [1.807, 2.05) is 32.0 Å². The molecule has 4 amide bonds. The van der Waals surface area contributed by atoms with E-state index in [0.717, 1.165) is 33.5 Å². The smallest absolute Gasteiger partial charge is 0.294 e. The van der Waals surface area contributed by atoms with E-state index in [4.69, 9.17) is 10.5 Å². The van der Waals surface area contributed by atoms with E-state index in [9.17, 15) is 19.2 Å². The highest BCUT2D eigenvalue weighted by molar-refractivity contribution is 8.18. The number of amides is 4. The van der Waals surface area contributed by atoms with E-state index < -0.39 is 23.6 Å². The molecule has 0 aliphatic carbocycles. The normalized spacial score (nSPS) is 14.8. The Morgan fingerprint density at radius 2 is 1.84 bits per heavy atom. The fraction of sp³-hybridized carbons (Fsp3) is 0.182. The van der Waals surface area contributed by atoms with Crippen molar-refractivity contribution < 1.29 is 23.9 Å². The van der Waals surface area contributed by atoms with Crippen molar-refractivity contribution in [1.82, 2.24) is 4.90 Å². The molecule has 31 heavy (non-hydrogen) atoms. The van der Waals surface area contributed by atoms with Crippen LogP contribution in [0.15, 0.2) is 47.4 Å². The minimum atomic E-state index is -0.758. The Labute approximate surface area is 183 Å². The molecule has 3 rings (SSSR count). The Bertz CT molecular complexity index is 1080. The topological polar surface area (TPSA) is 119 Å². The van der Waals surface area contributed by atoms with Crippen LogP contribution < -0.4 is 15.8 Å². The van der Waals surface area contributed by atoms with Crippen LogP contribution in [0.3, 0.4) is 0 Å². The van der Waals surface area contributed by atoms with Gasteiger partial charge in [-0.3, -0.25) is 24.1 Å². The van der Waals surface area contributed by atoms with Crippen molar-refractivity contribution in [2.45, 2.75) is 13.8 Å². The van der Waals surface area contributed by atoms with Gasteiger partial charge in [0.05, 0.1) is 4.91 Å². The molecule has 8 nitrogen and oxygen atoms in total. The SMILES string of the molecule is Cc1cccc(NC(=O)COc2ccc(/C=C3\SC(=O)N(CC(N)=O)C3=O)cc2)c1C. The number of carbonyl (C=O) groups is 4. The number of hydrogen-bond acceptors (Lipinski definition) is 6. The van der Waals surface area contributed by atoms with Crippen LogP contribution >= 0.6 is 11.8 Å². The number of imide groups is 1. The fourth-order valence-corrected chi connectivity index (χ4v) is 3.66. The van der Waals surface area contributed by atoms with E-state index in [1.165, 1.54) is 0 Å². The quantitative estimate of drug-likeness (QED) is 0.641. The Morgan fingerprint density at radius 3 is 2.52 bits per heavy atom. The van der Waals surface area contributed by atoms with Crippen molar-refractivity contribution in [2.75, 3.05) is 18.5 Å². The molecule has 160 valence electrons. The molecular formula is C22H21N3O5S. The summed E-state index contributed by atoms with van der Waals surface area (Å²) in [6.07, 6.45) is 1.54. The molecule has 3 N–H and O–H groups in total. The molecule has 1 aliphatic heterocycles. The second kappa shape index (κ2) is 9.48. The molecule has 0 bridgehead atoms. The van der Waals surface area contributed by atoms with Crippen molar-refractivity contribution in [3.63, 3.8) is 0 Å². The third-order valence-corrected chi connectivity index (χ3v) is 5.52. The summed E-state index contributed by atoms with van der Waals surface area (Å²) in [7, 11) is 0. The molecule has 0 atom stereocenters. The molecule has 0 spiro atoms. The van der Waals surface area contributed by atoms with Crippen molar-refractivity contribution in [2.24, 2.45) is 5.73 Å². The van der Waals surface area contributed by atoms with Crippen LogP contribution in [-0.4, -0.2) is 41.0 Å². The minimum absolute atomic E-state index is 0.154. The Balaban J connectivity index is 1.58. The van der Waals surface area contributed by atoms with Crippen molar-refractivity contribution in [1.29, 1.82) is 0 Å². The summed E-state index contributed by atoms with van der Waals surface area (Å²) in [6.45, 7) is 3.31. The van der Waals surface area contributed by atoms with E-state index in [0.29, 0.717) is 11.3 Å². The van der Waals surface area contributed by atoms with Crippen molar-refractivity contribution in [3.8, 4) is 5.75 Å². The van der Waals surface area contributed by atoms with Crippen LogP contribution in [0.4, 0.5) is 10.5 Å². The van der Waals surface area contributed by atoms with E-state index in [1.54, 1.807) is 30.3 Å². The third-order valence-electron chi connectivity index (χ3n) is 4.61. The lowest BCUT2D eigenvalue weighted by Crippen LogP contribution is -2.36. The van der Waals surface area contributed by atoms with Gasteiger partial charge in [-0.1, -0.05) is 24.3 Å². The number of hydrogen-bond donors (Lipinski definition) is 2. The Kier molecular flexibility index (Phi) is 6.76. The first-order valence-electron chi connectivity index (χ1n) is 9.37. The lowest BCUT2D eigenvalue weighted by molar-refractivity contribution is -0.127. The summed E-state index contributed by atoms with van der Waals surface area (Å²) in [6, 6.07) is 12.4. The van der Waals surface area contributed by atoms with Crippen LogP contribution in [-0.2, 0) is 14.4 Å². The summed E-state index contributed by atoms with van der Waals surface area (Å²) in [4.78, 5) is 48.3. The molecule has 1 heterocycles. The number of primary amides is 1. The first kappa shape index (κ1) is 22.1. The maximum absolute atomic E-state index is 12.2. The van der Waals surface area contributed by atoms with Gasteiger partial charge in [0.1, 0.15) is 12.3 Å². The number of nitrogens with one attached hydrogen (secondary N) is 1. The van der Waals surface area contributed by atoms with Crippen molar-refractivity contribution in [3.05, 3.63) is 64.1 Å². The third kappa shape index (κ3) is 5.52. The van der Waals surface area contributed by atoms with Crippen LogP contribution in [0, 0.1) is 13.8 Å². The van der Waals surface area contributed by atoms with Gasteiger partial charge < -0.3 is 15.8 Å². The fourth-order valence-electron chi connectivity index (χ4n) is 2.83. The summed E-state index contributed by atoms with van der Waals surface area (Å²) in [5.74, 6) is -1.11. The number of anilines is 1. The molecule has 0 radical (unpaired) electrons.